The Kier molecular flexibility index (Phi) is 5.27. The van der Waals surface area contributed by atoms with Crippen molar-refractivity contribution < 1.29 is 22.7 Å². The van der Waals surface area contributed by atoms with Crippen LogP contribution < -0.4 is 0 Å². The molecule has 0 aliphatic rings. The molecular formula is C9H13F3O2. The van der Waals surface area contributed by atoms with E-state index in [2.05, 4.69) is 4.74 Å². The van der Waals surface area contributed by atoms with E-state index in [9.17, 15) is 18.0 Å². The maximum absolute atomic E-state index is 12.3. The lowest BCUT2D eigenvalue weighted by molar-refractivity contribution is -0.196. The second-order valence-electron chi connectivity index (χ2n) is 2.65. The third-order valence-electron chi connectivity index (χ3n) is 1.57. The first-order chi connectivity index (χ1) is 6.43. The molecule has 1 unspecified atom stereocenters. The Hall–Kier alpha value is -1.00. The molecule has 0 aromatic rings. The van der Waals surface area contributed by atoms with Crippen molar-refractivity contribution in [2.24, 2.45) is 5.92 Å². The van der Waals surface area contributed by atoms with E-state index in [4.69, 9.17) is 0 Å². The van der Waals surface area contributed by atoms with Crippen LogP contribution in [0.15, 0.2) is 12.2 Å². The van der Waals surface area contributed by atoms with Gasteiger partial charge in [0.2, 0.25) is 0 Å². The van der Waals surface area contributed by atoms with E-state index in [-0.39, 0.29) is 13.0 Å². The molecule has 0 bridgehead atoms. The van der Waals surface area contributed by atoms with E-state index in [1.165, 1.54) is 19.1 Å². The highest BCUT2D eigenvalue weighted by atomic mass is 19.4. The number of hydrogen-bond acceptors (Lipinski definition) is 2. The van der Waals surface area contributed by atoms with Crippen LogP contribution >= 0.6 is 0 Å². The fraction of sp³-hybridized carbons (Fsp3) is 0.667. The summed E-state index contributed by atoms with van der Waals surface area (Å²) in [5.74, 6) is -3.25. The highest BCUT2D eigenvalue weighted by molar-refractivity contribution is 5.73. The van der Waals surface area contributed by atoms with Gasteiger partial charge in [-0.2, -0.15) is 13.2 Å². The van der Waals surface area contributed by atoms with Crippen molar-refractivity contribution in [3.8, 4) is 0 Å². The van der Waals surface area contributed by atoms with Crippen LogP contribution in [-0.4, -0.2) is 18.8 Å². The lowest BCUT2D eigenvalue weighted by atomic mass is 10.1. The second kappa shape index (κ2) is 5.67. The quantitative estimate of drug-likeness (QED) is 0.526. The van der Waals surface area contributed by atoms with Gasteiger partial charge < -0.3 is 4.74 Å². The lowest BCUT2D eigenvalue weighted by Gasteiger charge is -2.16. The first-order valence-electron chi connectivity index (χ1n) is 4.28. The summed E-state index contributed by atoms with van der Waals surface area (Å²) < 4.78 is 41.2. The fourth-order valence-electron chi connectivity index (χ4n) is 0.879. The third kappa shape index (κ3) is 4.30. The SMILES string of the molecule is CC=CCC(C(=O)OCC)C(F)(F)F. The molecular weight excluding hydrogens is 197 g/mol. The van der Waals surface area contributed by atoms with E-state index in [1.54, 1.807) is 6.92 Å². The van der Waals surface area contributed by atoms with Gasteiger partial charge in [-0.15, -0.1) is 0 Å². The summed E-state index contributed by atoms with van der Waals surface area (Å²) in [4.78, 5) is 10.9. The summed E-state index contributed by atoms with van der Waals surface area (Å²) in [6.45, 7) is 3.03. The number of ether oxygens (including phenoxy) is 1. The molecule has 0 fully saturated rings. The average Bonchev–Trinajstić information content (AvgIpc) is 2.03. The van der Waals surface area contributed by atoms with Gasteiger partial charge in [0, 0.05) is 0 Å². The number of allylic oxidation sites excluding steroid dienone is 2. The predicted molar refractivity (Wildman–Crippen MR) is 45.6 cm³/mol. The minimum Gasteiger partial charge on any atom is -0.466 e. The van der Waals surface area contributed by atoms with E-state index in [0.717, 1.165) is 0 Å². The normalized spacial score (nSPS) is 14.4. The Labute approximate surface area is 80.7 Å². The molecule has 0 rings (SSSR count). The Morgan fingerprint density at radius 3 is 2.43 bits per heavy atom. The van der Waals surface area contributed by atoms with Gasteiger partial charge in [0.15, 0.2) is 5.92 Å². The van der Waals surface area contributed by atoms with Gasteiger partial charge in [-0.3, -0.25) is 4.79 Å². The summed E-state index contributed by atoms with van der Waals surface area (Å²) in [5, 5.41) is 0. The van der Waals surface area contributed by atoms with Crippen molar-refractivity contribution in [1.29, 1.82) is 0 Å². The van der Waals surface area contributed by atoms with Crippen molar-refractivity contribution in [1.82, 2.24) is 0 Å². The summed E-state index contributed by atoms with van der Waals surface area (Å²) >= 11 is 0. The van der Waals surface area contributed by atoms with E-state index in [1.807, 2.05) is 0 Å². The van der Waals surface area contributed by atoms with Crippen LogP contribution in [0.4, 0.5) is 13.2 Å². The zero-order valence-corrected chi connectivity index (χ0v) is 8.10. The molecule has 0 aromatic carbocycles. The van der Waals surface area contributed by atoms with Gasteiger partial charge in [0.1, 0.15) is 0 Å². The van der Waals surface area contributed by atoms with Gasteiger partial charge in [-0.25, -0.2) is 0 Å². The molecule has 2 nitrogen and oxygen atoms in total. The van der Waals surface area contributed by atoms with Gasteiger partial charge in [-0.05, 0) is 20.3 Å². The molecule has 0 aliphatic carbocycles. The molecule has 1 atom stereocenters. The van der Waals surface area contributed by atoms with E-state index >= 15 is 0 Å². The fourth-order valence-corrected chi connectivity index (χ4v) is 0.879. The number of alkyl halides is 3. The van der Waals surface area contributed by atoms with Crippen molar-refractivity contribution in [2.75, 3.05) is 6.61 Å². The Morgan fingerprint density at radius 2 is 2.07 bits per heavy atom. The van der Waals surface area contributed by atoms with Crippen LogP contribution in [0.25, 0.3) is 0 Å². The molecule has 0 N–H and O–H groups in total. The van der Waals surface area contributed by atoms with Crippen LogP contribution in [0.2, 0.25) is 0 Å². The number of carbonyl (C=O) groups excluding carboxylic acids is 1. The maximum atomic E-state index is 12.3. The topological polar surface area (TPSA) is 26.3 Å². The average molecular weight is 210 g/mol. The minimum atomic E-state index is -4.54. The summed E-state index contributed by atoms with van der Waals surface area (Å²) in [5.41, 5.74) is 0. The van der Waals surface area contributed by atoms with E-state index < -0.39 is 18.1 Å². The molecule has 0 saturated carbocycles. The Bertz CT molecular complexity index is 209. The highest BCUT2D eigenvalue weighted by Gasteiger charge is 2.44. The van der Waals surface area contributed by atoms with Gasteiger partial charge in [0.25, 0.3) is 0 Å². The molecule has 0 heterocycles. The second-order valence-corrected chi connectivity index (χ2v) is 2.65. The number of esters is 1. The first kappa shape index (κ1) is 13.0. The number of rotatable bonds is 4. The molecule has 5 heteroatoms. The summed E-state index contributed by atoms with van der Waals surface area (Å²) in [6, 6.07) is 0. The highest BCUT2D eigenvalue weighted by Crippen LogP contribution is 2.30. The minimum absolute atomic E-state index is 0.0404. The Morgan fingerprint density at radius 1 is 1.50 bits per heavy atom. The molecule has 0 radical (unpaired) electrons. The van der Waals surface area contributed by atoms with Crippen LogP contribution in [0.5, 0.6) is 0 Å². The maximum Gasteiger partial charge on any atom is 0.402 e. The smallest absolute Gasteiger partial charge is 0.402 e. The van der Waals surface area contributed by atoms with Crippen molar-refractivity contribution in [3.05, 3.63) is 12.2 Å². The predicted octanol–water partition coefficient (Wildman–Crippen LogP) is 2.69. The monoisotopic (exact) mass is 210 g/mol. The van der Waals surface area contributed by atoms with Crippen molar-refractivity contribution in [2.45, 2.75) is 26.4 Å². The molecule has 0 aromatic heterocycles. The number of hydrogen-bond donors (Lipinski definition) is 0. The van der Waals surface area contributed by atoms with Crippen molar-refractivity contribution >= 4 is 5.97 Å². The largest absolute Gasteiger partial charge is 0.466 e. The van der Waals surface area contributed by atoms with Crippen LogP contribution in [0.1, 0.15) is 20.3 Å². The number of halogens is 3. The van der Waals surface area contributed by atoms with Crippen LogP contribution in [0, 0.1) is 5.92 Å². The standard InChI is InChI=1S/C9H13F3O2/c1-3-5-6-7(9(10,11)12)8(13)14-4-2/h3,5,7H,4,6H2,1-2H3. The summed E-state index contributed by atoms with van der Waals surface area (Å²) in [6.07, 6.45) is -2.13. The van der Waals surface area contributed by atoms with Crippen LogP contribution in [-0.2, 0) is 9.53 Å². The Balaban J connectivity index is 4.47. The third-order valence-corrected chi connectivity index (χ3v) is 1.57. The first-order valence-corrected chi connectivity index (χ1v) is 4.28. The zero-order valence-electron chi connectivity index (χ0n) is 8.10. The molecule has 82 valence electrons. The summed E-state index contributed by atoms with van der Waals surface area (Å²) in [7, 11) is 0. The van der Waals surface area contributed by atoms with Gasteiger partial charge in [-0.1, -0.05) is 12.2 Å². The molecule has 0 aliphatic heterocycles. The van der Waals surface area contributed by atoms with Gasteiger partial charge in [0.05, 0.1) is 6.61 Å². The van der Waals surface area contributed by atoms with Crippen molar-refractivity contribution in [3.63, 3.8) is 0 Å². The lowest BCUT2D eigenvalue weighted by Crippen LogP contribution is -2.31. The molecule has 0 saturated heterocycles. The van der Waals surface area contributed by atoms with Gasteiger partial charge >= 0.3 is 12.1 Å². The molecule has 0 spiro atoms. The van der Waals surface area contributed by atoms with Crippen LogP contribution in [0.3, 0.4) is 0 Å². The molecule has 14 heavy (non-hydrogen) atoms. The number of carbonyl (C=O) groups is 1. The molecule has 0 amide bonds. The van der Waals surface area contributed by atoms with E-state index in [0.29, 0.717) is 0 Å². The zero-order chi connectivity index (χ0) is 11.2.